The van der Waals surface area contributed by atoms with E-state index in [2.05, 4.69) is 43.8 Å². The number of aryl methyl sites for hydroxylation is 1. The van der Waals surface area contributed by atoms with Crippen LogP contribution in [0.2, 0.25) is 0 Å². The van der Waals surface area contributed by atoms with Gasteiger partial charge in [0.15, 0.2) is 5.01 Å². The van der Waals surface area contributed by atoms with Crippen molar-refractivity contribution >= 4 is 27.8 Å². The molecule has 0 aliphatic carbocycles. The van der Waals surface area contributed by atoms with Gasteiger partial charge in [-0.15, -0.1) is 15.3 Å². The van der Waals surface area contributed by atoms with Crippen LogP contribution in [-0.2, 0) is 7.05 Å². The molecule has 8 nitrogen and oxygen atoms in total. The highest BCUT2D eigenvalue weighted by Crippen LogP contribution is 2.28. The summed E-state index contributed by atoms with van der Waals surface area (Å²) in [4.78, 5) is 0.727. The predicted molar refractivity (Wildman–Crippen MR) is 83.9 cm³/mol. The minimum atomic E-state index is 0.357. The first kappa shape index (κ1) is 13.5. The summed E-state index contributed by atoms with van der Waals surface area (Å²) in [6.45, 7) is 4.23. The average Bonchev–Trinajstić information content (AvgIpc) is 3.20. The van der Waals surface area contributed by atoms with Crippen LogP contribution < -0.4 is 0 Å². The SMILES string of the molecule is CC(C)c1cc(-c2nnc3sc(-c4csnn4)nn23)n(C)n1. The van der Waals surface area contributed by atoms with E-state index in [1.807, 2.05) is 23.2 Å². The van der Waals surface area contributed by atoms with E-state index in [-0.39, 0.29) is 0 Å². The van der Waals surface area contributed by atoms with Gasteiger partial charge in [0.25, 0.3) is 0 Å². The molecule has 0 radical (unpaired) electrons. The van der Waals surface area contributed by atoms with Crippen LogP contribution >= 0.6 is 22.9 Å². The largest absolute Gasteiger partial charge is 0.264 e. The molecule has 4 aromatic heterocycles. The zero-order valence-corrected chi connectivity index (χ0v) is 13.8. The highest BCUT2D eigenvalue weighted by Gasteiger charge is 2.19. The van der Waals surface area contributed by atoms with Crippen LogP contribution in [0.25, 0.3) is 27.2 Å². The van der Waals surface area contributed by atoms with E-state index in [1.54, 1.807) is 4.52 Å². The average molecular weight is 332 g/mol. The van der Waals surface area contributed by atoms with Gasteiger partial charge in [0.2, 0.25) is 10.8 Å². The fraction of sp³-hybridized carbons (Fsp3) is 0.333. The van der Waals surface area contributed by atoms with Gasteiger partial charge in [0, 0.05) is 12.4 Å². The van der Waals surface area contributed by atoms with Crippen molar-refractivity contribution in [3.05, 3.63) is 17.1 Å². The molecule has 0 saturated heterocycles. The van der Waals surface area contributed by atoms with Crippen LogP contribution in [0, 0.1) is 0 Å². The molecule has 0 amide bonds. The van der Waals surface area contributed by atoms with Gasteiger partial charge in [-0.1, -0.05) is 29.7 Å². The normalized spacial score (nSPS) is 11.8. The van der Waals surface area contributed by atoms with Crippen molar-refractivity contribution in [2.24, 2.45) is 7.05 Å². The third kappa shape index (κ3) is 2.03. The van der Waals surface area contributed by atoms with Crippen LogP contribution in [0.5, 0.6) is 0 Å². The standard InChI is InChI=1S/C12H12N8S2/c1-6(2)7-4-9(19(3)16-7)10-14-15-12-20(10)17-11(22-12)8-5-21-18-13-8/h4-6H,1-3H3. The summed E-state index contributed by atoms with van der Waals surface area (Å²) in [5.41, 5.74) is 2.68. The molecule has 4 heterocycles. The highest BCUT2D eigenvalue weighted by atomic mass is 32.1. The summed E-state index contributed by atoms with van der Waals surface area (Å²) >= 11 is 2.74. The van der Waals surface area contributed by atoms with Gasteiger partial charge in [0.1, 0.15) is 11.4 Å². The third-order valence-electron chi connectivity index (χ3n) is 3.29. The molecule has 0 atom stereocenters. The molecule has 0 bridgehead atoms. The van der Waals surface area contributed by atoms with Crippen molar-refractivity contribution in [2.45, 2.75) is 19.8 Å². The maximum atomic E-state index is 4.56. The maximum absolute atomic E-state index is 4.56. The number of fused-ring (bicyclic) bond motifs is 1. The molecule has 4 aromatic rings. The molecule has 112 valence electrons. The molecule has 10 heteroatoms. The zero-order valence-electron chi connectivity index (χ0n) is 12.1. The summed E-state index contributed by atoms with van der Waals surface area (Å²) in [6, 6.07) is 2.03. The molecular formula is C12H12N8S2. The third-order valence-corrected chi connectivity index (χ3v) is 4.72. The van der Waals surface area contributed by atoms with E-state index in [0.29, 0.717) is 11.7 Å². The van der Waals surface area contributed by atoms with Crippen molar-refractivity contribution in [3.63, 3.8) is 0 Å². The molecule has 0 aliphatic heterocycles. The highest BCUT2D eigenvalue weighted by molar-refractivity contribution is 7.20. The molecule has 0 aromatic carbocycles. The van der Waals surface area contributed by atoms with E-state index in [1.165, 1.54) is 22.9 Å². The Morgan fingerprint density at radius 3 is 2.68 bits per heavy atom. The summed E-state index contributed by atoms with van der Waals surface area (Å²) < 4.78 is 7.42. The number of nitrogens with zero attached hydrogens (tertiary/aromatic N) is 8. The fourth-order valence-electron chi connectivity index (χ4n) is 2.12. The Morgan fingerprint density at radius 2 is 2.00 bits per heavy atom. The Labute approximate surface area is 133 Å². The summed E-state index contributed by atoms with van der Waals surface area (Å²) in [5.74, 6) is 1.04. The van der Waals surface area contributed by atoms with Gasteiger partial charge < -0.3 is 0 Å². The summed E-state index contributed by atoms with van der Waals surface area (Å²) in [7, 11) is 1.90. The van der Waals surface area contributed by atoms with E-state index >= 15 is 0 Å². The van der Waals surface area contributed by atoms with Crippen LogP contribution in [0.15, 0.2) is 11.4 Å². The van der Waals surface area contributed by atoms with E-state index < -0.39 is 0 Å². The lowest BCUT2D eigenvalue weighted by Gasteiger charge is -1.96. The lowest BCUT2D eigenvalue weighted by atomic mass is 10.1. The molecule has 4 rings (SSSR count). The first-order chi connectivity index (χ1) is 10.6. The quantitative estimate of drug-likeness (QED) is 0.572. The molecular weight excluding hydrogens is 320 g/mol. The fourth-order valence-corrected chi connectivity index (χ4v) is 3.43. The van der Waals surface area contributed by atoms with Gasteiger partial charge in [0.05, 0.1) is 5.69 Å². The van der Waals surface area contributed by atoms with Crippen LogP contribution in [0.4, 0.5) is 0 Å². The lowest BCUT2D eigenvalue weighted by Crippen LogP contribution is -1.99. The summed E-state index contributed by atoms with van der Waals surface area (Å²) in [6.07, 6.45) is 0. The molecule has 0 saturated carbocycles. The van der Waals surface area contributed by atoms with Gasteiger partial charge >= 0.3 is 0 Å². The molecule has 0 N–H and O–H groups in total. The van der Waals surface area contributed by atoms with Crippen LogP contribution in [0.3, 0.4) is 0 Å². The Hall–Kier alpha value is -2.20. The van der Waals surface area contributed by atoms with Crippen molar-refractivity contribution in [1.82, 2.24) is 39.2 Å². The lowest BCUT2D eigenvalue weighted by molar-refractivity contribution is 0.713. The van der Waals surface area contributed by atoms with E-state index in [9.17, 15) is 0 Å². The molecule has 0 aliphatic rings. The summed E-state index contributed by atoms with van der Waals surface area (Å²) in [5, 5.41) is 24.2. The Morgan fingerprint density at radius 1 is 1.14 bits per heavy atom. The van der Waals surface area contributed by atoms with Gasteiger partial charge in [-0.3, -0.25) is 4.68 Å². The number of hydrogen-bond donors (Lipinski definition) is 0. The number of hydrogen-bond acceptors (Lipinski definition) is 8. The second-order valence-electron chi connectivity index (χ2n) is 5.15. The molecule has 0 spiro atoms. The zero-order chi connectivity index (χ0) is 15.3. The second-order valence-corrected chi connectivity index (χ2v) is 6.71. The first-order valence-corrected chi connectivity index (χ1v) is 8.33. The van der Waals surface area contributed by atoms with Crippen molar-refractivity contribution in [2.75, 3.05) is 0 Å². The van der Waals surface area contributed by atoms with Crippen molar-refractivity contribution in [1.29, 1.82) is 0 Å². The predicted octanol–water partition coefficient (Wildman–Crippen LogP) is 2.23. The molecule has 0 unspecified atom stereocenters. The smallest absolute Gasteiger partial charge is 0.235 e. The van der Waals surface area contributed by atoms with E-state index in [0.717, 1.165) is 27.1 Å². The molecule has 0 fully saturated rings. The minimum absolute atomic E-state index is 0.357. The Kier molecular flexibility index (Phi) is 3.01. The topological polar surface area (TPSA) is 86.7 Å². The monoisotopic (exact) mass is 332 g/mol. The van der Waals surface area contributed by atoms with Crippen LogP contribution in [0.1, 0.15) is 25.5 Å². The Bertz CT molecular complexity index is 930. The van der Waals surface area contributed by atoms with Crippen LogP contribution in [-0.4, -0.2) is 39.2 Å². The first-order valence-electron chi connectivity index (χ1n) is 6.67. The van der Waals surface area contributed by atoms with Crippen molar-refractivity contribution < 1.29 is 0 Å². The number of rotatable bonds is 3. The van der Waals surface area contributed by atoms with E-state index in [4.69, 9.17) is 0 Å². The maximum Gasteiger partial charge on any atom is 0.235 e. The van der Waals surface area contributed by atoms with Crippen molar-refractivity contribution in [3.8, 4) is 22.2 Å². The van der Waals surface area contributed by atoms with Gasteiger partial charge in [-0.05, 0) is 23.5 Å². The second kappa shape index (κ2) is 4.92. The molecule has 22 heavy (non-hydrogen) atoms. The Balaban J connectivity index is 1.85. The van der Waals surface area contributed by atoms with Gasteiger partial charge in [-0.25, -0.2) is 0 Å². The van der Waals surface area contributed by atoms with Gasteiger partial charge in [-0.2, -0.15) is 14.7 Å². The minimum Gasteiger partial charge on any atom is -0.264 e. The number of aromatic nitrogens is 8.